The number of nitrogens with zero attached hydrogens (tertiary/aromatic N) is 2. The first-order valence-electron chi connectivity index (χ1n) is 8.40. The number of hydrogen-bond acceptors (Lipinski definition) is 3. The number of aryl methyl sites for hydroxylation is 2. The van der Waals surface area contributed by atoms with Crippen LogP contribution in [-0.4, -0.2) is 17.7 Å². The number of aromatic nitrogens is 1. The smallest absolute Gasteiger partial charge is 0.191 e. The average molecular weight is 460 g/mol. The summed E-state index contributed by atoms with van der Waals surface area (Å²) >= 11 is 0. The molecule has 2 rings (SSSR count). The lowest BCUT2D eigenvalue weighted by Gasteiger charge is -2.11. The van der Waals surface area contributed by atoms with Crippen molar-refractivity contribution in [3.63, 3.8) is 0 Å². The van der Waals surface area contributed by atoms with E-state index in [2.05, 4.69) is 34.6 Å². The summed E-state index contributed by atoms with van der Waals surface area (Å²) in [5, 5.41) is 10.7. The second-order valence-corrected chi connectivity index (χ2v) is 5.41. The molecule has 138 valence electrons. The number of hydrogen-bond donors (Lipinski definition) is 2. The zero-order valence-electron chi connectivity index (χ0n) is 14.9. The number of nitrogens with one attached hydrogen (secondary N) is 2. The van der Waals surface area contributed by atoms with E-state index in [1.165, 1.54) is 12.1 Å². The van der Waals surface area contributed by atoms with E-state index in [1.54, 1.807) is 12.1 Å². The van der Waals surface area contributed by atoms with Crippen molar-refractivity contribution in [2.75, 3.05) is 6.54 Å². The van der Waals surface area contributed by atoms with Crippen LogP contribution >= 0.6 is 24.0 Å². The summed E-state index contributed by atoms with van der Waals surface area (Å²) in [4.78, 5) is 4.54. The maximum absolute atomic E-state index is 13.0. The molecule has 0 atom stereocenters. The van der Waals surface area contributed by atoms with Gasteiger partial charge in [-0.2, -0.15) is 0 Å². The first-order valence-corrected chi connectivity index (χ1v) is 8.40. The highest BCUT2D eigenvalue weighted by atomic mass is 127. The Morgan fingerprint density at radius 2 is 1.84 bits per heavy atom. The zero-order chi connectivity index (χ0) is 17.4. The lowest BCUT2D eigenvalue weighted by molar-refractivity contribution is 0.380. The molecule has 7 heteroatoms. The van der Waals surface area contributed by atoms with Crippen LogP contribution in [0.4, 0.5) is 4.39 Å². The Labute approximate surface area is 165 Å². The molecule has 1 aromatic heterocycles. The van der Waals surface area contributed by atoms with Crippen LogP contribution in [0.3, 0.4) is 0 Å². The highest BCUT2D eigenvalue weighted by Crippen LogP contribution is 2.15. The van der Waals surface area contributed by atoms with Crippen LogP contribution in [0.25, 0.3) is 0 Å². The molecule has 0 aliphatic rings. The van der Waals surface area contributed by atoms with E-state index in [1.807, 2.05) is 6.92 Å². The molecule has 2 aromatic rings. The van der Waals surface area contributed by atoms with E-state index in [0.717, 1.165) is 42.0 Å². The maximum atomic E-state index is 13.0. The zero-order valence-corrected chi connectivity index (χ0v) is 17.3. The van der Waals surface area contributed by atoms with Crippen LogP contribution in [0.5, 0.6) is 0 Å². The number of halogens is 2. The third-order valence-electron chi connectivity index (χ3n) is 3.72. The molecule has 0 radical (unpaired) electrons. The van der Waals surface area contributed by atoms with Gasteiger partial charge in [0, 0.05) is 25.1 Å². The van der Waals surface area contributed by atoms with Crippen molar-refractivity contribution in [3.05, 3.63) is 52.7 Å². The topological polar surface area (TPSA) is 62.5 Å². The highest BCUT2D eigenvalue weighted by molar-refractivity contribution is 14.0. The van der Waals surface area contributed by atoms with Crippen LogP contribution in [-0.2, 0) is 25.9 Å². The second-order valence-electron chi connectivity index (χ2n) is 5.41. The SMILES string of the molecule is CCNC(=NCc1ccc(F)cc1)NCc1c(CC)noc1CC.I. The van der Waals surface area contributed by atoms with E-state index < -0.39 is 0 Å². The van der Waals surface area contributed by atoms with E-state index in [9.17, 15) is 4.39 Å². The Bertz CT molecular complexity index is 649. The van der Waals surface area contributed by atoms with Crippen molar-refractivity contribution < 1.29 is 8.91 Å². The van der Waals surface area contributed by atoms with Gasteiger partial charge in [-0.05, 0) is 31.0 Å². The fourth-order valence-electron chi connectivity index (χ4n) is 2.41. The van der Waals surface area contributed by atoms with Crippen molar-refractivity contribution in [2.24, 2.45) is 4.99 Å². The fourth-order valence-corrected chi connectivity index (χ4v) is 2.41. The molecule has 0 spiro atoms. The Balaban J connectivity index is 0.00000312. The van der Waals surface area contributed by atoms with Crippen LogP contribution < -0.4 is 10.6 Å². The van der Waals surface area contributed by atoms with Gasteiger partial charge in [0.15, 0.2) is 5.96 Å². The Hall–Kier alpha value is -1.64. The summed E-state index contributed by atoms with van der Waals surface area (Å²) in [6.07, 6.45) is 1.65. The summed E-state index contributed by atoms with van der Waals surface area (Å²) in [6.45, 7) is 8.00. The van der Waals surface area contributed by atoms with Gasteiger partial charge in [0.25, 0.3) is 0 Å². The lowest BCUT2D eigenvalue weighted by atomic mass is 10.1. The van der Waals surface area contributed by atoms with Crippen molar-refractivity contribution >= 4 is 29.9 Å². The first-order chi connectivity index (χ1) is 11.7. The van der Waals surface area contributed by atoms with Gasteiger partial charge >= 0.3 is 0 Å². The number of guanidine groups is 1. The van der Waals surface area contributed by atoms with Gasteiger partial charge in [-0.25, -0.2) is 9.38 Å². The van der Waals surface area contributed by atoms with Gasteiger partial charge in [0.2, 0.25) is 0 Å². The van der Waals surface area contributed by atoms with Gasteiger partial charge < -0.3 is 15.2 Å². The van der Waals surface area contributed by atoms with Crippen molar-refractivity contribution in [2.45, 2.75) is 46.7 Å². The number of rotatable bonds is 7. The quantitative estimate of drug-likeness (QED) is 0.375. The fraction of sp³-hybridized carbons (Fsp3) is 0.444. The molecule has 0 unspecified atom stereocenters. The van der Waals surface area contributed by atoms with Crippen LogP contribution in [0.15, 0.2) is 33.8 Å². The minimum atomic E-state index is -0.237. The summed E-state index contributed by atoms with van der Waals surface area (Å²) in [5.74, 6) is 1.39. The summed E-state index contributed by atoms with van der Waals surface area (Å²) < 4.78 is 18.3. The van der Waals surface area contributed by atoms with Gasteiger partial charge in [0.05, 0.1) is 12.2 Å². The Morgan fingerprint density at radius 1 is 1.12 bits per heavy atom. The van der Waals surface area contributed by atoms with Crippen LogP contribution in [0, 0.1) is 5.82 Å². The molecule has 2 N–H and O–H groups in total. The Morgan fingerprint density at radius 3 is 2.44 bits per heavy atom. The molecule has 0 fully saturated rings. The molecule has 1 aromatic carbocycles. The Kier molecular flexibility index (Phi) is 9.48. The minimum absolute atomic E-state index is 0. The van der Waals surface area contributed by atoms with Gasteiger partial charge in [-0.15, -0.1) is 24.0 Å². The van der Waals surface area contributed by atoms with E-state index in [0.29, 0.717) is 19.0 Å². The third kappa shape index (κ3) is 6.30. The highest BCUT2D eigenvalue weighted by Gasteiger charge is 2.13. The maximum Gasteiger partial charge on any atom is 0.191 e. The van der Waals surface area contributed by atoms with Gasteiger partial charge in [-0.1, -0.05) is 31.1 Å². The minimum Gasteiger partial charge on any atom is -0.361 e. The summed E-state index contributed by atoms with van der Waals surface area (Å²) in [7, 11) is 0. The molecule has 1 heterocycles. The average Bonchev–Trinajstić information content (AvgIpc) is 3.00. The van der Waals surface area contributed by atoms with E-state index >= 15 is 0 Å². The lowest BCUT2D eigenvalue weighted by Crippen LogP contribution is -2.37. The molecular weight excluding hydrogens is 434 g/mol. The molecular formula is C18H26FIN4O. The third-order valence-corrected chi connectivity index (χ3v) is 3.72. The van der Waals surface area contributed by atoms with Gasteiger partial charge in [-0.3, -0.25) is 0 Å². The normalized spacial score (nSPS) is 11.1. The molecule has 0 amide bonds. The largest absolute Gasteiger partial charge is 0.361 e. The predicted octanol–water partition coefficient (Wildman–Crippen LogP) is 3.81. The van der Waals surface area contributed by atoms with Crippen LogP contribution in [0.2, 0.25) is 0 Å². The monoisotopic (exact) mass is 460 g/mol. The molecule has 25 heavy (non-hydrogen) atoms. The first kappa shape index (κ1) is 21.4. The standard InChI is InChI=1S/C18H25FN4O.HI/c1-4-16-15(17(5-2)24-23-16)12-22-18(20-6-3)21-11-13-7-9-14(19)10-8-13;/h7-10H,4-6,11-12H2,1-3H3,(H2,20,21,22);1H. The number of aliphatic imine (C=N–C) groups is 1. The molecule has 0 saturated carbocycles. The van der Waals surface area contributed by atoms with E-state index in [4.69, 9.17) is 4.52 Å². The molecule has 0 aliphatic carbocycles. The molecule has 5 nitrogen and oxygen atoms in total. The van der Waals surface area contributed by atoms with Crippen molar-refractivity contribution in [1.82, 2.24) is 15.8 Å². The predicted molar refractivity (Wildman–Crippen MR) is 109 cm³/mol. The van der Waals surface area contributed by atoms with Crippen molar-refractivity contribution in [3.8, 4) is 0 Å². The van der Waals surface area contributed by atoms with E-state index in [-0.39, 0.29) is 29.8 Å². The molecule has 0 bridgehead atoms. The van der Waals surface area contributed by atoms with Crippen molar-refractivity contribution in [1.29, 1.82) is 0 Å². The second kappa shape index (κ2) is 11.1. The molecule has 0 aliphatic heterocycles. The van der Waals surface area contributed by atoms with Gasteiger partial charge in [0.1, 0.15) is 11.6 Å². The summed E-state index contributed by atoms with van der Waals surface area (Å²) in [6, 6.07) is 6.38. The van der Waals surface area contributed by atoms with Crippen LogP contribution in [0.1, 0.15) is 43.4 Å². The number of benzene rings is 1. The molecule has 0 saturated heterocycles. The summed E-state index contributed by atoms with van der Waals surface area (Å²) in [5.41, 5.74) is 3.04.